The summed E-state index contributed by atoms with van der Waals surface area (Å²) >= 11 is 0. The van der Waals surface area contributed by atoms with Crippen LogP contribution in [0.15, 0.2) is 34.7 Å². The van der Waals surface area contributed by atoms with E-state index in [1.165, 1.54) is 0 Å². The molecular formula is C23H28N2O4. The number of hydrogen-bond donors (Lipinski definition) is 1. The lowest BCUT2D eigenvalue weighted by molar-refractivity contribution is -0.139. The number of likely N-dealkylation sites (tertiary alicyclic amines) is 1. The molecule has 1 aromatic heterocycles. The summed E-state index contributed by atoms with van der Waals surface area (Å²) in [5.74, 6) is 0.764. The standard InChI is InChI=1S/C23H28N2O4/c26-15-19-18(11-12-24-19)23(28)20-8-5-13-25(20)22(27)10-4-2-7-17-14-16-6-1-3-9-21(16)29-17/h1,3,6,9,14-15,18-20,24H,2,4-5,7-8,10-13H2/t18?,19-,20+/m1/s1. The minimum atomic E-state index is -0.399. The van der Waals surface area contributed by atoms with E-state index in [-0.39, 0.29) is 23.7 Å². The molecule has 1 N–H and O–H groups in total. The highest BCUT2D eigenvalue weighted by atomic mass is 16.3. The van der Waals surface area contributed by atoms with Gasteiger partial charge >= 0.3 is 0 Å². The number of fused-ring (bicyclic) bond motifs is 1. The first-order valence-electron chi connectivity index (χ1n) is 10.7. The highest BCUT2D eigenvalue weighted by molar-refractivity contribution is 5.93. The van der Waals surface area contributed by atoms with Crippen molar-refractivity contribution in [1.82, 2.24) is 10.2 Å². The van der Waals surface area contributed by atoms with Crippen LogP contribution in [-0.4, -0.2) is 48.0 Å². The fraction of sp³-hybridized carbons (Fsp3) is 0.522. The van der Waals surface area contributed by atoms with Gasteiger partial charge in [0.2, 0.25) is 5.91 Å². The number of nitrogens with zero attached hydrogens (tertiary/aromatic N) is 1. The van der Waals surface area contributed by atoms with Gasteiger partial charge in [-0.1, -0.05) is 18.2 Å². The van der Waals surface area contributed by atoms with Crippen molar-refractivity contribution >= 4 is 28.9 Å². The number of ketones is 1. The molecule has 1 aromatic carbocycles. The van der Waals surface area contributed by atoms with Gasteiger partial charge in [0, 0.05) is 30.7 Å². The van der Waals surface area contributed by atoms with Crippen molar-refractivity contribution in [2.24, 2.45) is 5.92 Å². The topological polar surface area (TPSA) is 79.6 Å². The Kier molecular flexibility index (Phi) is 6.09. The van der Waals surface area contributed by atoms with Gasteiger partial charge in [-0.15, -0.1) is 0 Å². The van der Waals surface area contributed by atoms with E-state index >= 15 is 0 Å². The third-order valence-corrected chi connectivity index (χ3v) is 6.22. The number of para-hydroxylation sites is 1. The molecule has 2 aromatic rings. The number of rotatable bonds is 8. The van der Waals surface area contributed by atoms with Gasteiger partial charge in [0.15, 0.2) is 5.78 Å². The highest BCUT2D eigenvalue weighted by Crippen LogP contribution is 2.27. The Bertz CT molecular complexity index is 857. The molecule has 2 aliphatic heterocycles. The number of carbonyl (C=O) groups is 3. The molecule has 2 saturated heterocycles. The van der Waals surface area contributed by atoms with Crippen molar-refractivity contribution < 1.29 is 18.8 Å². The zero-order valence-corrected chi connectivity index (χ0v) is 16.6. The maximum atomic E-state index is 12.9. The molecule has 0 saturated carbocycles. The minimum Gasteiger partial charge on any atom is -0.461 e. The smallest absolute Gasteiger partial charge is 0.223 e. The van der Waals surface area contributed by atoms with Gasteiger partial charge in [-0.25, -0.2) is 0 Å². The number of carbonyl (C=O) groups excluding carboxylic acids is 3. The fourth-order valence-corrected chi connectivity index (χ4v) is 4.68. The number of furan rings is 1. The van der Waals surface area contributed by atoms with E-state index in [4.69, 9.17) is 4.42 Å². The summed E-state index contributed by atoms with van der Waals surface area (Å²) in [6.07, 6.45) is 5.97. The Labute approximate surface area is 170 Å². The number of amides is 1. The van der Waals surface area contributed by atoms with Crippen LogP contribution >= 0.6 is 0 Å². The van der Waals surface area contributed by atoms with Gasteiger partial charge in [0.1, 0.15) is 17.6 Å². The van der Waals surface area contributed by atoms with Gasteiger partial charge in [0.05, 0.1) is 12.1 Å². The van der Waals surface area contributed by atoms with Crippen LogP contribution in [-0.2, 0) is 20.8 Å². The average Bonchev–Trinajstić information content (AvgIpc) is 3.48. The molecule has 3 heterocycles. The summed E-state index contributed by atoms with van der Waals surface area (Å²) in [4.78, 5) is 38.6. The van der Waals surface area contributed by atoms with Crippen LogP contribution in [0.1, 0.15) is 44.3 Å². The molecule has 1 unspecified atom stereocenters. The quantitative estimate of drug-likeness (QED) is 0.548. The lowest BCUT2D eigenvalue weighted by atomic mass is 9.90. The molecular weight excluding hydrogens is 368 g/mol. The molecule has 154 valence electrons. The summed E-state index contributed by atoms with van der Waals surface area (Å²) < 4.78 is 5.83. The molecule has 3 atom stereocenters. The van der Waals surface area contributed by atoms with E-state index in [9.17, 15) is 14.4 Å². The van der Waals surface area contributed by atoms with E-state index < -0.39 is 6.04 Å². The fourth-order valence-electron chi connectivity index (χ4n) is 4.68. The molecule has 2 fully saturated rings. The zero-order chi connectivity index (χ0) is 20.2. The maximum Gasteiger partial charge on any atom is 0.223 e. The number of Topliss-reactive ketones (excluding diaryl/α,β-unsaturated/α-hetero) is 1. The molecule has 6 heteroatoms. The van der Waals surface area contributed by atoms with Crippen molar-refractivity contribution in [2.75, 3.05) is 13.1 Å². The van der Waals surface area contributed by atoms with Crippen molar-refractivity contribution in [3.05, 3.63) is 36.1 Å². The Hall–Kier alpha value is -2.47. The lowest BCUT2D eigenvalue weighted by Crippen LogP contribution is -2.45. The molecule has 1 amide bonds. The van der Waals surface area contributed by atoms with Crippen molar-refractivity contribution in [1.29, 1.82) is 0 Å². The molecule has 0 aliphatic carbocycles. The molecule has 6 nitrogen and oxygen atoms in total. The number of aryl methyl sites for hydroxylation is 1. The van der Waals surface area contributed by atoms with Crippen LogP contribution < -0.4 is 5.32 Å². The molecule has 0 radical (unpaired) electrons. The van der Waals surface area contributed by atoms with Gasteiger partial charge in [-0.05, 0) is 50.8 Å². The Morgan fingerprint density at radius 2 is 2.07 bits per heavy atom. The summed E-state index contributed by atoms with van der Waals surface area (Å²) in [5, 5.41) is 4.17. The van der Waals surface area contributed by atoms with Crippen molar-refractivity contribution in [3.63, 3.8) is 0 Å². The van der Waals surface area contributed by atoms with Gasteiger partial charge in [-0.2, -0.15) is 0 Å². The van der Waals surface area contributed by atoms with Crippen LogP contribution in [0, 0.1) is 5.92 Å². The second kappa shape index (κ2) is 8.91. The van der Waals surface area contributed by atoms with Crippen LogP contribution in [0.4, 0.5) is 0 Å². The van der Waals surface area contributed by atoms with Crippen molar-refractivity contribution in [2.45, 2.75) is 57.0 Å². The van der Waals surface area contributed by atoms with E-state index in [2.05, 4.69) is 11.4 Å². The van der Waals surface area contributed by atoms with Crippen LogP contribution in [0.3, 0.4) is 0 Å². The molecule has 29 heavy (non-hydrogen) atoms. The van der Waals surface area contributed by atoms with Crippen LogP contribution in [0.5, 0.6) is 0 Å². The van der Waals surface area contributed by atoms with E-state index in [0.29, 0.717) is 32.4 Å². The Balaban J connectivity index is 1.27. The Morgan fingerprint density at radius 1 is 1.21 bits per heavy atom. The minimum absolute atomic E-state index is 0.0547. The second-order valence-electron chi connectivity index (χ2n) is 8.12. The monoisotopic (exact) mass is 396 g/mol. The normalized spacial score (nSPS) is 24.3. The van der Waals surface area contributed by atoms with Gasteiger partial charge < -0.3 is 19.4 Å². The number of unbranched alkanes of at least 4 members (excludes halogenated alkanes) is 1. The summed E-state index contributed by atoms with van der Waals surface area (Å²) in [5.41, 5.74) is 0.895. The predicted molar refractivity (Wildman–Crippen MR) is 109 cm³/mol. The molecule has 0 bridgehead atoms. The largest absolute Gasteiger partial charge is 0.461 e. The van der Waals surface area contributed by atoms with Gasteiger partial charge in [0.25, 0.3) is 0 Å². The third-order valence-electron chi connectivity index (χ3n) is 6.22. The predicted octanol–water partition coefficient (Wildman–Crippen LogP) is 2.88. The van der Waals surface area contributed by atoms with Gasteiger partial charge in [-0.3, -0.25) is 9.59 Å². The Morgan fingerprint density at radius 3 is 2.90 bits per heavy atom. The first-order valence-corrected chi connectivity index (χ1v) is 10.7. The summed E-state index contributed by atoms with van der Waals surface area (Å²) in [7, 11) is 0. The zero-order valence-electron chi connectivity index (χ0n) is 16.6. The van der Waals surface area contributed by atoms with E-state index in [1.807, 2.05) is 24.3 Å². The van der Waals surface area contributed by atoms with Crippen LogP contribution in [0.25, 0.3) is 11.0 Å². The van der Waals surface area contributed by atoms with Crippen LogP contribution in [0.2, 0.25) is 0 Å². The van der Waals surface area contributed by atoms with E-state index in [1.54, 1.807) is 4.90 Å². The average molecular weight is 396 g/mol. The second-order valence-corrected chi connectivity index (χ2v) is 8.12. The SMILES string of the molecule is O=C[C@H]1NCCC1C(=O)[C@@H]1CCCN1C(=O)CCCCc1cc2ccccc2o1. The molecule has 4 rings (SSSR count). The van der Waals surface area contributed by atoms with Crippen molar-refractivity contribution in [3.8, 4) is 0 Å². The number of aldehydes is 1. The lowest BCUT2D eigenvalue weighted by Gasteiger charge is -2.26. The first kappa shape index (κ1) is 19.8. The first-order chi connectivity index (χ1) is 14.2. The number of hydrogen-bond acceptors (Lipinski definition) is 5. The van der Waals surface area contributed by atoms with E-state index in [0.717, 1.165) is 48.7 Å². The maximum absolute atomic E-state index is 12.9. The highest BCUT2D eigenvalue weighted by Gasteiger charge is 2.41. The summed E-state index contributed by atoms with van der Waals surface area (Å²) in [6, 6.07) is 9.25. The molecule has 0 spiro atoms. The number of nitrogens with one attached hydrogen (secondary N) is 1. The number of benzene rings is 1. The summed E-state index contributed by atoms with van der Waals surface area (Å²) in [6.45, 7) is 1.33. The molecule has 2 aliphatic rings. The third kappa shape index (κ3) is 4.27.